The molecule has 1 aliphatic carbocycles. The number of carboxylic acids is 1. The van der Waals surface area contributed by atoms with Gasteiger partial charge >= 0.3 is 5.97 Å². The van der Waals surface area contributed by atoms with Crippen LogP contribution >= 0.6 is 23.1 Å². The highest BCUT2D eigenvalue weighted by atomic mass is 32.2. The van der Waals surface area contributed by atoms with Crippen LogP contribution in [-0.4, -0.2) is 28.6 Å². The molecule has 0 aliphatic heterocycles. The number of hydrogen-bond acceptors (Lipinski definition) is 7. The van der Waals surface area contributed by atoms with Crippen molar-refractivity contribution in [3.05, 3.63) is 76.5 Å². The Labute approximate surface area is 222 Å². The zero-order chi connectivity index (χ0) is 25.9. The van der Waals surface area contributed by atoms with Crippen LogP contribution in [0.4, 0.5) is 4.39 Å². The van der Waals surface area contributed by atoms with Crippen LogP contribution in [0.15, 0.2) is 58.4 Å². The lowest BCUT2D eigenvalue weighted by Gasteiger charge is -2.16. The lowest BCUT2D eigenvalue weighted by Crippen LogP contribution is -2.05. The standard InChI is InChI=1S/C28H26FNO5S2/c1-16-10-11-36-28(16)26-23(30-35-27(26)21-13-18(33-2)6-9-22(21)29)15-34-19-5-3-4-17(12-19)24(14-25(31)32)37-20-7-8-20/h3-6,9-13,20,24H,7-8,14-15H2,1-2H3,(H,31,32). The van der Waals surface area contributed by atoms with Gasteiger partial charge in [0.1, 0.15) is 29.6 Å². The Bertz CT molecular complexity index is 1410. The zero-order valence-corrected chi connectivity index (χ0v) is 22.0. The second-order valence-corrected chi connectivity index (χ2v) is 11.3. The summed E-state index contributed by atoms with van der Waals surface area (Å²) >= 11 is 3.24. The number of aliphatic carboxylic acids is 1. The average Bonchev–Trinajstić information content (AvgIpc) is 3.46. The van der Waals surface area contributed by atoms with Crippen LogP contribution in [0.5, 0.6) is 11.5 Å². The minimum absolute atomic E-state index is 0.0607. The maximum atomic E-state index is 14.9. The molecule has 4 aromatic rings. The molecule has 6 nitrogen and oxygen atoms in total. The summed E-state index contributed by atoms with van der Waals surface area (Å²) in [7, 11) is 1.53. The molecular formula is C28H26FNO5S2. The smallest absolute Gasteiger partial charge is 0.304 e. The van der Waals surface area contributed by atoms with Crippen molar-refractivity contribution < 1.29 is 28.3 Å². The van der Waals surface area contributed by atoms with Crippen LogP contribution in [0.3, 0.4) is 0 Å². The van der Waals surface area contributed by atoms with Crippen molar-refractivity contribution >= 4 is 29.1 Å². The molecule has 0 spiro atoms. The third-order valence-corrected chi connectivity index (χ3v) is 8.77. The van der Waals surface area contributed by atoms with E-state index in [2.05, 4.69) is 5.16 Å². The Morgan fingerprint density at radius 3 is 2.78 bits per heavy atom. The van der Waals surface area contributed by atoms with Crippen LogP contribution in [0, 0.1) is 12.7 Å². The van der Waals surface area contributed by atoms with Gasteiger partial charge in [-0.05, 0) is 72.7 Å². The third kappa shape index (κ3) is 5.83. The summed E-state index contributed by atoms with van der Waals surface area (Å²) in [5.74, 6) is 0.175. The Balaban J connectivity index is 1.44. The van der Waals surface area contributed by atoms with Gasteiger partial charge < -0.3 is 19.1 Å². The first-order valence-corrected chi connectivity index (χ1v) is 13.7. The first kappa shape index (κ1) is 25.4. The molecule has 0 radical (unpaired) electrons. The molecule has 1 fully saturated rings. The number of ether oxygens (including phenoxy) is 2. The number of nitrogens with zero attached hydrogens (tertiary/aromatic N) is 1. The van der Waals surface area contributed by atoms with Gasteiger partial charge in [0, 0.05) is 15.4 Å². The molecule has 1 saturated carbocycles. The number of carbonyl (C=O) groups is 1. The van der Waals surface area contributed by atoms with Gasteiger partial charge in [0.05, 0.1) is 24.7 Å². The van der Waals surface area contributed by atoms with Crippen LogP contribution in [0.1, 0.15) is 41.3 Å². The monoisotopic (exact) mass is 539 g/mol. The van der Waals surface area contributed by atoms with Crippen molar-refractivity contribution in [2.24, 2.45) is 0 Å². The summed E-state index contributed by atoms with van der Waals surface area (Å²) in [6.07, 6.45) is 2.32. The molecule has 37 heavy (non-hydrogen) atoms. The van der Waals surface area contributed by atoms with Crippen molar-refractivity contribution in [2.45, 2.75) is 43.3 Å². The van der Waals surface area contributed by atoms with Gasteiger partial charge in [0.2, 0.25) is 0 Å². The molecule has 1 N–H and O–H groups in total. The molecule has 0 bridgehead atoms. The highest BCUT2D eigenvalue weighted by Crippen LogP contribution is 2.46. The molecular weight excluding hydrogens is 513 g/mol. The fraction of sp³-hybridized carbons (Fsp3) is 0.286. The van der Waals surface area contributed by atoms with Crippen molar-refractivity contribution in [1.29, 1.82) is 0 Å². The predicted octanol–water partition coefficient (Wildman–Crippen LogP) is 7.52. The van der Waals surface area contributed by atoms with E-state index in [1.54, 1.807) is 23.9 Å². The van der Waals surface area contributed by atoms with Crippen molar-refractivity contribution in [3.8, 4) is 33.3 Å². The normalized spacial score (nSPS) is 13.9. The first-order chi connectivity index (χ1) is 17.9. The molecule has 192 valence electrons. The van der Waals surface area contributed by atoms with E-state index in [0.29, 0.717) is 33.8 Å². The van der Waals surface area contributed by atoms with Gasteiger partial charge in [-0.2, -0.15) is 0 Å². The average molecular weight is 540 g/mol. The van der Waals surface area contributed by atoms with E-state index >= 15 is 0 Å². The fourth-order valence-corrected chi connectivity index (χ4v) is 6.48. The van der Waals surface area contributed by atoms with E-state index in [9.17, 15) is 14.3 Å². The molecule has 1 atom stereocenters. The minimum atomic E-state index is -0.819. The van der Waals surface area contributed by atoms with Gasteiger partial charge in [-0.1, -0.05) is 17.3 Å². The van der Waals surface area contributed by atoms with Crippen molar-refractivity contribution in [3.63, 3.8) is 0 Å². The largest absolute Gasteiger partial charge is 0.497 e. The molecule has 2 heterocycles. The fourth-order valence-electron chi connectivity index (χ4n) is 4.07. The van der Waals surface area contributed by atoms with Crippen LogP contribution in [-0.2, 0) is 11.4 Å². The first-order valence-electron chi connectivity index (χ1n) is 11.9. The number of halogens is 1. The molecule has 0 amide bonds. The number of rotatable bonds is 11. The van der Waals surface area contributed by atoms with Crippen molar-refractivity contribution in [1.82, 2.24) is 5.16 Å². The minimum Gasteiger partial charge on any atom is -0.497 e. The van der Waals surface area contributed by atoms with Gasteiger partial charge in [-0.3, -0.25) is 4.79 Å². The van der Waals surface area contributed by atoms with Gasteiger partial charge in [-0.15, -0.1) is 23.1 Å². The number of benzene rings is 2. The zero-order valence-electron chi connectivity index (χ0n) is 20.4. The Hall–Kier alpha value is -3.30. The molecule has 0 saturated heterocycles. The lowest BCUT2D eigenvalue weighted by atomic mass is 10.0. The van der Waals surface area contributed by atoms with Gasteiger partial charge in [-0.25, -0.2) is 4.39 Å². The number of thioether (sulfide) groups is 1. The van der Waals surface area contributed by atoms with Gasteiger partial charge in [0.15, 0.2) is 5.76 Å². The number of thiophene rings is 1. The van der Waals surface area contributed by atoms with Crippen LogP contribution < -0.4 is 9.47 Å². The molecule has 2 aromatic carbocycles. The highest BCUT2D eigenvalue weighted by molar-refractivity contribution is 8.00. The number of hydrogen-bond donors (Lipinski definition) is 1. The van der Waals surface area contributed by atoms with E-state index in [0.717, 1.165) is 28.8 Å². The molecule has 9 heteroatoms. The molecule has 1 aliphatic rings. The second-order valence-electron chi connectivity index (χ2n) is 8.90. The summed E-state index contributed by atoms with van der Waals surface area (Å²) in [4.78, 5) is 12.4. The lowest BCUT2D eigenvalue weighted by molar-refractivity contribution is -0.137. The summed E-state index contributed by atoms with van der Waals surface area (Å²) in [5, 5.41) is 16.0. The van der Waals surface area contributed by atoms with Crippen LogP contribution in [0.2, 0.25) is 0 Å². The molecule has 1 unspecified atom stereocenters. The third-order valence-electron chi connectivity index (χ3n) is 6.12. The number of aromatic nitrogens is 1. The maximum absolute atomic E-state index is 14.9. The van der Waals surface area contributed by atoms with E-state index in [1.165, 1.54) is 24.5 Å². The van der Waals surface area contributed by atoms with E-state index in [1.807, 2.05) is 42.6 Å². The summed E-state index contributed by atoms with van der Waals surface area (Å²) in [6.45, 7) is 2.09. The molecule has 2 aromatic heterocycles. The van der Waals surface area contributed by atoms with Crippen LogP contribution in [0.25, 0.3) is 21.8 Å². The number of methoxy groups -OCH3 is 1. The Morgan fingerprint density at radius 2 is 2.08 bits per heavy atom. The van der Waals surface area contributed by atoms with E-state index < -0.39 is 11.8 Å². The van der Waals surface area contributed by atoms with E-state index in [4.69, 9.17) is 14.0 Å². The predicted molar refractivity (Wildman–Crippen MR) is 143 cm³/mol. The maximum Gasteiger partial charge on any atom is 0.304 e. The van der Waals surface area contributed by atoms with Gasteiger partial charge in [0.25, 0.3) is 0 Å². The summed E-state index contributed by atoms with van der Waals surface area (Å²) < 4.78 is 32.0. The summed E-state index contributed by atoms with van der Waals surface area (Å²) in [6, 6.07) is 14.0. The Morgan fingerprint density at radius 1 is 1.24 bits per heavy atom. The quantitative estimate of drug-likeness (QED) is 0.211. The Kier molecular flexibility index (Phi) is 7.53. The highest BCUT2D eigenvalue weighted by Gasteiger charge is 2.29. The number of carboxylic acid groups (broad SMARTS) is 1. The summed E-state index contributed by atoms with van der Waals surface area (Å²) in [5.41, 5.74) is 3.43. The SMILES string of the molecule is COc1ccc(F)c(-c2onc(COc3cccc(C(CC(=O)O)SC4CC4)c3)c2-c2sccc2C)c1. The molecule has 5 rings (SSSR count). The topological polar surface area (TPSA) is 81.8 Å². The number of aryl methyl sites for hydroxylation is 1. The van der Waals surface area contributed by atoms with Crippen molar-refractivity contribution in [2.75, 3.05) is 7.11 Å². The second kappa shape index (κ2) is 11.0. The van der Waals surface area contributed by atoms with E-state index in [-0.39, 0.29) is 23.8 Å².